The van der Waals surface area contributed by atoms with Gasteiger partial charge in [-0.05, 0) is 148 Å². The molecule has 13 rings (SSSR count). The van der Waals surface area contributed by atoms with Gasteiger partial charge in [-0.3, -0.25) is 0 Å². The average molecular weight is 840 g/mol. The molecule has 0 unspecified atom stereocenters. The van der Waals surface area contributed by atoms with E-state index in [2.05, 4.69) is 241 Å². The van der Waals surface area contributed by atoms with Crippen LogP contribution < -0.4 is 4.90 Å². The van der Waals surface area contributed by atoms with E-state index in [9.17, 15) is 0 Å². The van der Waals surface area contributed by atoms with E-state index in [1.807, 2.05) is 12.1 Å². The Hall–Kier alpha value is -8.72. The van der Waals surface area contributed by atoms with Gasteiger partial charge in [0, 0.05) is 33.9 Å². The van der Waals surface area contributed by atoms with E-state index in [1.54, 1.807) is 0 Å². The standard InChI is InChI=1S/C64H41NO/c1-2-11-43(12-3-1)58-20-9-15-45-16-10-21-59(64(45)58)44-29-32-53(33-30-44)65(55-35-36-61-60-18-6-7-22-62(60)66-63(61)41-55)54-34-31-50-38-47(25-26-51(50)40-54)46-23-24-49-39-52(28-27-48(49)37-46)57-19-8-14-42-13-4-5-17-56(42)57/h1-41H. The maximum Gasteiger partial charge on any atom is 0.137 e. The lowest BCUT2D eigenvalue weighted by Gasteiger charge is -2.26. The zero-order valence-electron chi connectivity index (χ0n) is 36.0. The Morgan fingerprint density at radius 3 is 1.47 bits per heavy atom. The molecule has 0 N–H and O–H groups in total. The molecule has 2 nitrogen and oxygen atoms in total. The lowest BCUT2D eigenvalue weighted by molar-refractivity contribution is 0.669. The molecule has 0 radical (unpaired) electrons. The zero-order chi connectivity index (χ0) is 43.6. The van der Waals surface area contributed by atoms with Gasteiger partial charge >= 0.3 is 0 Å². The normalized spacial score (nSPS) is 11.6. The molecule has 0 spiro atoms. The second-order valence-corrected chi connectivity index (χ2v) is 17.3. The highest BCUT2D eigenvalue weighted by molar-refractivity contribution is 6.08. The van der Waals surface area contributed by atoms with E-state index in [-0.39, 0.29) is 0 Å². The fraction of sp³-hybridized carbons (Fsp3) is 0. The molecule has 0 aliphatic carbocycles. The van der Waals surface area contributed by atoms with Crippen LogP contribution in [0.2, 0.25) is 0 Å². The quantitative estimate of drug-likeness (QED) is 0.159. The molecule has 0 aliphatic heterocycles. The van der Waals surface area contributed by atoms with Gasteiger partial charge in [0.1, 0.15) is 11.2 Å². The maximum absolute atomic E-state index is 6.45. The summed E-state index contributed by atoms with van der Waals surface area (Å²) >= 11 is 0. The van der Waals surface area contributed by atoms with Crippen molar-refractivity contribution in [3.63, 3.8) is 0 Å². The summed E-state index contributed by atoms with van der Waals surface area (Å²) in [4.78, 5) is 2.35. The number of para-hydroxylation sites is 1. The van der Waals surface area contributed by atoms with Crippen LogP contribution in [0.3, 0.4) is 0 Å². The molecule has 12 aromatic carbocycles. The van der Waals surface area contributed by atoms with E-state index in [4.69, 9.17) is 4.42 Å². The Morgan fingerprint density at radius 1 is 0.242 bits per heavy atom. The highest BCUT2D eigenvalue weighted by Crippen LogP contribution is 2.42. The molecule has 0 saturated heterocycles. The van der Waals surface area contributed by atoms with E-state index >= 15 is 0 Å². The molecule has 1 aromatic heterocycles. The largest absolute Gasteiger partial charge is 0.456 e. The molecular weight excluding hydrogens is 799 g/mol. The van der Waals surface area contributed by atoms with Crippen LogP contribution >= 0.6 is 0 Å². The van der Waals surface area contributed by atoms with Crippen molar-refractivity contribution in [2.45, 2.75) is 0 Å². The molecule has 13 aromatic rings. The van der Waals surface area contributed by atoms with Crippen molar-refractivity contribution in [1.29, 1.82) is 0 Å². The van der Waals surface area contributed by atoms with Crippen LogP contribution in [-0.2, 0) is 0 Å². The third-order valence-corrected chi connectivity index (χ3v) is 13.4. The van der Waals surface area contributed by atoms with Crippen LogP contribution in [0.5, 0.6) is 0 Å². The molecule has 0 amide bonds. The first kappa shape index (κ1) is 37.8. The fourth-order valence-electron chi connectivity index (χ4n) is 10.2. The number of benzene rings is 12. The van der Waals surface area contributed by atoms with Crippen molar-refractivity contribution in [2.24, 2.45) is 0 Å². The molecule has 2 heteroatoms. The second-order valence-electron chi connectivity index (χ2n) is 17.3. The van der Waals surface area contributed by atoms with Gasteiger partial charge in [0.15, 0.2) is 0 Å². The monoisotopic (exact) mass is 839 g/mol. The van der Waals surface area contributed by atoms with Gasteiger partial charge in [-0.2, -0.15) is 0 Å². The summed E-state index contributed by atoms with van der Waals surface area (Å²) in [6.45, 7) is 0. The molecule has 0 aliphatic rings. The lowest BCUT2D eigenvalue weighted by Crippen LogP contribution is -2.09. The Bertz CT molecular complexity index is 3980. The number of rotatable bonds is 7. The van der Waals surface area contributed by atoms with Crippen molar-refractivity contribution in [3.8, 4) is 44.5 Å². The average Bonchev–Trinajstić information content (AvgIpc) is 3.76. The first-order valence-corrected chi connectivity index (χ1v) is 22.6. The van der Waals surface area contributed by atoms with Crippen molar-refractivity contribution < 1.29 is 4.42 Å². The molecule has 66 heavy (non-hydrogen) atoms. The molecule has 0 atom stereocenters. The summed E-state index contributed by atoms with van der Waals surface area (Å²) in [5.41, 5.74) is 14.7. The third kappa shape index (κ3) is 6.50. The van der Waals surface area contributed by atoms with Crippen LogP contribution in [-0.4, -0.2) is 0 Å². The van der Waals surface area contributed by atoms with Crippen LogP contribution in [0.1, 0.15) is 0 Å². The molecule has 1 heterocycles. The molecule has 0 bridgehead atoms. The topological polar surface area (TPSA) is 16.4 Å². The summed E-state index contributed by atoms with van der Waals surface area (Å²) in [6, 6.07) is 90.3. The number of furan rings is 1. The van der Waals surface area contributed by atoms with Crippen LogP contribution in [0.4, 0.5) is 17.1 Å². The van der Waals surface area contributed by atoms with E-state index in [1.165, 1.54) is 87.6 Å². The summed E-state index contributed by atoms with van der Waals surface area (Å²) in [7, 11) is 0. The summed E-state index contributed by atoms with van der Waals surface area (Å²) < 4.78 is 6.45. The molecular formula is C64H41NO. The summed E-state index contributed by atoms with van der Waals surface area (Å²) in [5, 5.41) is 12.1. The van der Waals surface area contributed by atoms with Gasteiger partial charge in [-0.25, -0.2) is 0 Å². The number of hydrogen-bond acceptors (Lipinski definition) is 2. The summed E-state index contributed by atoms with van der Waals surface area (Å²) in [6.07, 6.45) is 0. The van der Waals surface area contributed by atoms with Crippen LogP contribution in [0.15, 0.2) is 253 Å². The smallest absolute Gasteiger partial charge is 0.137 e. The Labute approximate surface area is 382 Å². The number of nitrogens with zero attached hydrogens (tertiary/aromatic N) is 1. The van der Waals surface area contributed by atoms with Gasteiger partial charge in [0.2, 0.25) is 0 Å². The Morgan fingerprint density at radius 2 is 0.727 bits per heavy atom. The van der Waals surface area contributed by atoms with Crippen LogP contribution in [0, 0.1) is 0 Å². The van der Waals surface area contributed by atoms with Crippen LogP contribution in [0.25, 0.3) is 110 Å². The second kappa shape index (κ2) is 15.5. The minimum Gasteiger partial charge on any atom is -0.456 e. The number of hydrogen-bond donors (Lipinski definition) is 0. The van der Waals surface area contributed by atoms with Crippen molar-refractivity contribution in [2.75, 3.05) is 4.90 Å². The minimum atomic E-state index is 0.866. The highest BCUT2D eigenvalue weighted by Gasteiger charge is 2.18. The zero-order valence-corrected chi connectivity index (χ0v) is 36.0. The van der Waals surface area contributed by atoms with Gasteiger partial charge in [0.25, 0.3) is 0 Å². The molecule has 0 saturated carbocycles. The van der Waals surface area contributed by atoms with Crippen molar-refractivity contribution in [1.82, 2.24) is 0 Å². The van der Waals surface area contributed by atoms with E-state index < -0.39 is 0 Å². The van der Waals surface area contributed by atoms with Gasteiger partial charge in [0.05, 0.1) is 0 Å². The van der Waals surface area contributed by atoms with E-state index in [0.717, 1.165) is 39.0 Å². The first-order valence-electron chi connectivity index (χ1n) is 22.6. The molecule has 308 valence electrons. The minimum absolute atomic E-state index is 0.866. The maximum atomic E-state index is 6.45. The lowest BCUT2D eigenvalue weighted by atomic mass is 9.91. The van der Waals surface area contributed by atoms with Gasteiger partial charge in [-0.15, -0.1) is 0 Å². The SMILES string of the molecule is c1ccc(-c2cccc3cccc(-c4ccc(N(c5ccc6cc(-c7ccc8cc(-c9cccc%10ccccc9%10)ccc8c7)ccc6c5)c5ccc6c(c5)oc5ccccc56)cc4)c23)cc1. The third-order valence-electron chi connectivity index (χ3n) is 13.4. The predicted molar refractivity (Wildman–Crippen MR) is 280 cm³/mol. The highest BCUT2D eigenvalue weighted by atomic mass is 16.3. The van der Waals surface area contributed by atoms with Crippen molar-refractivity contribution >= 4 is 82.1 Å². The Balaban J connectivity index is 0.876. The predicted octanol–water partition coefficient (Wildman–Crippen LogP) is 18.3. The number of fused-ring (bicyclic) bond motifs is 7. The summed E-state index contributed by atoms with van der Waals surface area (Å²) in [5.74, 6) is 0. The van der Waals surface area contributed by atoms with Gasteiger partial charge < -0.3 is 9.32 Å². The van der Waals surface area contributed by atoms with Crippen molar-refractivity contribution in [3.05, 3.63) is 249 Å². The fourth-order valence-corrected chi connectivity index (χ4v) is 10.2. The van der Waals surface area contributed by atoms with E-state index in [0.29, 0.717) is 0 Å². The number of anilines is 3. The first-order chi connectivity index (χ1) is 32.7. The molecule has 0 fully saturated rings. The van der Waals surface area contributed by atoms with Gasteiger partial charge in [-0.1, -0.05) is 182 Å². The Kier molecular flexibility index (Phi) is 8.89.